The van der Waals surface area contributed by atoms with E-state index in [-0.39, 0.29) is 30.2 Å². The molecule has 6 nitrogen and oxygen atoms in total. The van der Waals surface area contributed by atoms with Crippen LogP contribution in [-0.4, -0.2) is 55.3 Å². The third-order valence-electron chi connectivity index (χ3n) is 4.24. The first-order valence-corrected chi connectivity index (χ1v) is 9.03. The Hall–Kier alpha value is -2.54. The monoisotopic (exact) mass is 405 g/mol. The zero-order valence-electron chi connectivity index (χ0n) is 16.1. The molecule has 0 saturated heterocycles. The minimum Gasteiger partial charge on any atom is -0.507 e. The number of methoxy groups -OCH3 is 2. The normalized spacial score (nSPS) is 11.2. The number of carbonyl (C=O) groups is 1. The Morgan fingerprint density at radius 2 is 1.89 bits per heavy atom. The van der Waals surface area contributed by atoms with Gasteiger partial charge in [0, 0.05) is 24.2 Å². The summed E-state index contributed by atoms with van der Waals surface area (Å²) in [7, 11) is 4.68. The molecule has 0 bridgehead atoms. The second-order valence-corrected chi connectivity index (χ2v) is 6.57. The van der Waals surface area contributed by atoms with Crippen molar-refractivity contribution in [3.05, 3.63) is 58.1 Å². The molecule has 0 saturated carbocycles. The van der Waals surface area contributed by atoms with Crippen molar-refractivity contribution in [2.24, 2.45) is 0 Å². The highest BCUT2D eigenvalue weighted by Crippen LogP contribution is 2.39. The molecule has 2 aromatic rings. The molecule has 0 aliphatic heterocycles. The number of hydrogen-bond acceptors (Lipinski definition) is 6. The van der Waals surface area contributed by atoms with E-state index in [1.54, 1.807) is 42.3 Å². The summed E-state index contributed by atoms with van der Waals surface area (Å²) in [4.78, 5) is 14.6. The van der Waals surface area contributed by atoms with Crippen LogP contribution in [0.2, 0.25) is 5.02 Å². The molecule has 0 heterocycles. The number of benzene rings is 2. The van der Waals surface area contributed by atoms with Crippen molar-refractivity contribution in [1.29, 1.82) is 0 Å². The number of aliphatic hydroxyl groups excluding tert-OH is 1. The van der Waals surface area contributed by atoms with E-state index in [2.05, 4.69) is 0 Å². The lowest BCUT2D eigenvalue weighted by Crippen LogP contribution is -2.22. The molecule has 0 amide bonds. The first-order chi connectivity index (χ1) is 13.4. The van der Waals surface area contributed by atoms with Gasteiger partial charge in [-0.1, -0.05) is 29.8 Å². The Morgan fingerprint density at radius 1 is 1.21 bits per heavy atom. The number of rotatable bonds is 9. The molecule has 0 radical (unpaired) electrons. The average molecular weight is 406 g/mol. The number of aliphatic hydroxyl groups is 1. The number of halogens is 1. The fourth-order valence-corrected chi connectivity index (χ4v) is 2.97. The van der Waals surface area contributed by atoms with Crippen molar-refractivity contribution in [1.82, 2.24) is 4.90 Å². The first-order valence-electron chi connectivity index (χ1n) is 8.66. The van der Waals surface area contributed by atoms with Crippen LogP contribution in [0.25, 0.3) is 6.08 Å². The lowest BCUT2D eigenvalue weighted by Gasteiger charge is -2.20. The van der Waals surface area contributed by atoms with Crippen LogP contribution >= 0.6 is 11.6 Å². The predicted molar refractivity (Wildman–Crippen MR) is 109 cm³/mol. The van der Waals surface area contributed by atoms with E-state index in [0.29, 0.717) is 28.4 Å². The SMILES string of the molecule is COc1cc(OC)c(C(=O)/C=C/c2ccccc2Cl)c(O)c1CN(C)CCO. The van der Waals surface area contributed by atoms with E-state index in [4.69, 9.17) is 26.2 Å². The van der Waals surface area contributed by atoms with E-state index in [1.807, 2.05) is 6.07 Å². The van der Waals surface area contributed by atoms with Gasteiger partial charge < -0.3 is 19.7 Å². The first kappa shape index (κ1) is 21.8. The highest BCUT2D eigenvalue weighted by molar-refractivity contribution is 6.32. The number of phenolic OH excluding ortho intramolecular Hbond substituents is 1. The fraction of sp³-hybridized carbons (Fsp3) is 0.286. The van der Waals surface area contributed by atoms with Gasteiger partial charge in [-0.25, -0.2) is 0 Å². The lowest BCUT2D eigenvalue weighted by atomic mass is 10.0. The maximum absolute atomic E-state index is 12.8. The Kier molecular flexibility index (Phi) is 7.87. The maximum atomic E-state index is 12.8. The minimum absolute atomic E-state index is 0.0257. The molecule has 0 aliphatic carbocycles. The number of ether oxygens (including phenoxy) is 2. The Labute approximate surface area is 169 Å². The fourth-order valence-electron chi connectivity index (χ4n) is 2.78. The molecule has 0 unspecified atom stereocenters. The number of hydrogen-bond donors (Lipinski definition) is 2. The highest BCUT2D eigenvalue weighted by atomic mass is 35.5. The third-order valence-corrected chi connectivity index (χ3v) is 4.59. The standard InChI is InChI=1S/C21H24ClNO5/c1-23(10-11-24)13-15-18(27-2)12-19(28-3)20(21(15)26)17(25)9-8-14-6-4-5-7-16(14)22/h4-9,12,24,26H,10-11,13H2,1-3H3/b9-8+. The molecule has 2 N–H and O–H groups in total. The molecule has 28 heavy (non-hydrogen) atoms. The Bertz CT molecular complexity index is 866. The van der Waals surface area contributed by atoms with Gasteiger partial charge in [0.15, 0.2) is 5.78 Å². The number of ketones is 1. The van der Waals surface area contributed by atoms with Gasteiger partial charge in [-0.2, -0.15) is 0 Å². The molecule has 0 fully saturated rings. The number of aromatic hydroxyl groups is 1. The largest absolute Gasteiger partial charge is 0.507 e. The summed E-state index contributed by atoms with van der Waals surface area (Å²) >= 11 is 6.12. The van der Waals surface area contributed by atoms with Crippen LogP contribution in [0.1, 0.15) is 21.5 Å². The predicted octanol–water partition coefficient (Wildman–Crippen LogP) is 3.38. The van der Waals surface area contributed by atoms with E-state index in [0.717, 1.165) is 0 Å². The van der Waals surface area contributed by atoms with E-state index in [1.165, 1.54) is 20.3 Å². The number of carbonyl (C=O) groups excluding carboxylic acids is 1. The van der Waals surface area contributed by atoms with Crippen LogP contribution in [-0.2, 0) is 6.54 Å². The molecular formula is C21H24ClNO5. The Morgan fingerprint density at radius 3 is 2.50 bits per heavy atom. The molecular weight excluding hydrogens is 382 g/mol. The van der Waals surface area contributed by atoms with Crippen LogP contribution in [0.4, 0.5) is 0 Å². The van der Waals surface area contributed by atoms with E-state index >= 15 is 0 Å². The topological polar surface area (TPSA) is 79.2 Å². The summed E-state index contributed by atoms with van der Waals surface area (Å²) in [5.41, 5.74) is 1.17. The highest BCUT2D eigenvalue weighted by Gasteiger charge is 2.23. The second kappa shape index (κ2) is 10.1. The van der Waals surface area contributed by atoms with Crippen molar-refractivity contribution in [2.75, 3.05) is 34.4 Å². The minimum atomic E-state index is -0.428. The smallest absolute Gasteiger partial charge is 0.193 e. The third kappa shape index (κ3) is 5.04. The van der Waals surface area contributed by atoms with Crippen molar-refractivity contribution < 1.29 is 24.5 Å². The van der Waals surface area contributed by atoms with Crippen molar-refractivity contribution in [3.8, 4) is 17.2 Å². The summed E-state index contributed by atoms with van der Waals surface area (Å²) in [6.07, 6.45) is 2.93. The molecule has 0 atom stereocenters. The van der Waals surface area contributed by atoms with Gasteiger partial charge in [0.2, 0.25) is 0 Å². The molecule has 0 spiro atoms. The molecule has 2 rings (SSSR count). The van der Waals surface area contributed by atoms with Gasteiger partial charge in [-0.05, 0) is 30.8 Å². The summed E-state index contributed by atoms with van der Waals surface area (Å²) in [6, 6.07) is 8.70. The van der Waals surface area contributed by atoms with Gasteiger partial charge in [0.1, 0.15) is 22.8 Å². The molecule has 7 heteroatoms. The van der Waals surface area contributed by atoms with E-state index in [9.17, 15) is 9.90 Å². The maximum Gasteiger partial charge on any atom is 0.193 e. The molecule has 0 aromatic heterocycles. The van der Waals surface area contributed by atoms with Crippen molar-refractivity contribution in [3.63, 3.8) is 0 Å². The second-order valence-electron chi connectivity index (χ2n) is 6.16. The summed E-state index contributed by atoms with van der Waals surface area (Å²) in [5, 5.41) is 20.4. The van der Waals surface area contributed by atoms with Gasteiger partial charge in [0.05, 0.1) is 26.4 Å². The zero-order chi connectivity index (χ0) is 20.7. The number of phenols is 1. The van der Waals surface area contributed by atoms with Crippen molar-refractivity contribution >= 4 is 23.5 Å². The van der Waals surface area contributed by atoms with Crippen LogP contribution in [0, 0.1) is 0 Å². The summed E-state index contributed by atoms with van der Waals surface area (Å²) in [6.45, 7) is 0.667. The summed E-state index contributed by atoms with van der Waals surface area (Å²) in [5.74, 6) is -0.0414. The van der Waals surface area contributed by atoms with Crippen LogP contribution in [0.3, 0.4) is 0 Å². The van der Waals surface area contributed by atoms with Crippen LogP contribution < -0.4 is 9.47 Å². The van der Waals surface area contributed by atoms with Crippen molar-refractivity contribution in [2.45, 2.75) is 6.54 Å². The van der Waals surface area contributed by atoms with Gasteiger partial charge in [0.25, 0.3) is 0 Å². The van der Waals surface area contributed by atoms with Gasteiger partial charge in [-0.3, -0.25) is 9.69 Å². The number of allylic oxidation sites excluding steroid dienone is 1. The number of likely N-dealkylation sites (N-methyl/N-ethyl adjacent to an activating group) is 1. The number of nitrogens with zero attached hydrogens (tertiary/aromatic N) is 1. The summed E-state index contributed by atoms with van der Waals surface area (Å²) < 4.78 is 10.7. The average Bonchev–Trinajstić information content (AvgIpc) is 2.68. The Balaban J connectivity index is 2.46. The van der Waals surface area contributed by atoms with Gasteiger partial charge >= 0.3 is 0 Å². The van der Waals surface area contributed by atoms with Crippen LogP contribution in [0.15, 0.2) is 36.4 Å². The van der Waals surface area contributed by atoms with Crippen LogP contribution in [0.5, 0.6) is 17.2 Å². The molecule has 0 aliphatic rings. The lowest BCUT2D eigenvalue weighted by molar-refractivity contribution is 0.104. The zero-order valence-corrected chi connectivity index (χ0v) is 16.9. The van der Waals surface area contributed by atoms with E-state index < -0.39 is 5.78 Å². The molecule has 150 valence electrons. The molecule has 2 aromatic carbocycles. The quantitative estimate of drug-likeness (QED) is 0.492. The van der Waals surface area contributed by atoms with Gasteiger partial charge in [-0.15, -0.1) is 0 Å².